The average molecular weight is 362 g/mol. The third-order valence-electron chi connectivity index (χ3n) is 4.43. The molecule has 2 aromatic rings. The van der Waals surface area contributed by atoms with Gasteiger partial charge in [-0.2, -0.15) is 0 Å². The second-order valence-corrected chi connectivity index (χ2v) is 6.37. The van der Waals surface area contributed by atoms with Crippen LogP contribution < -0.4 is 4.74 Å². The summed E-state index contributed by atoms with van der Waals surface area (Å²) in [5.41, 5.74) is 3.98. The van der Waals surface area contributed by atoms with E-state index in [9.17, 15) is 9.59 Å². The number of ketones is 1. The van der Waals surface area contributed by atoms with Crippen LogP contribution in [0, 0.1) is 0 Å². The van der Waals surface area contributed by atoms with E-state index in [0.29, 0.717) is 12.2 Å². The van der Waals surface area contributed by atoms with Crippen molar-refractivity contribution in [3.8, 4) is 5.75 Å². The summed E-state index contributed by atoms with van der Waals surface area (Å²) in [6.45, 7) is 3.79. The molecule has 1 aliphatic carbocycles. The fourth-order valence-corrected chi connectivity index (χ4v) is 3.01. The number of ether oxygens (including phenoxy) is 2. The lowest BCUT2D eigenvalue weighted by molar-refractivity contribution is -0.136. The van der Waals surface area contributed by atoms with E-state index in [-0.39, 0.29) is 12.4 Å². The van der Waals surface area contributed by atoms with E-state index in [1.807, 2.05) is 42.5 Å². The van der Waals surface area contributed by atoms with Crippen LogP contribution in [0.25, 0.3) is 6.08 Å². The maximum absolute atomic E-state index is 12.2. The topological polar surface area (TPSA) is 52.6 Å². The number of Topliss-reactive ketones (excluding diaryl/α,β-unsaturated/α-hetero) is 1. The summed E-state index contributed by atoms with van der Waals surface area (Å²) < 4.78 is 10.5. The van der Waals surface area contributed by atoms with Crippen molar-refractivity contribution < 1.29 is 19.1 Å². The maximum Gasteiger partial charge on any atom is 0.331 e. The zero-order valence-electron chi connectivity index (χ0n) is 15.1. The molecule has 4 heteroatoms. The van der Waals surface area contributed by atoms with Gasteiger partial charge in [0.1, 0.15) is 12.4 Å². The largest absolute Gasteiger partial charge is 0.490 e. The van der Waals surface area contributed by atoms with Crippen molar-refractivity contribution in [2.24, 2.45) is 0 Å². The van der Waals surface area contributed by atoms with Gasteiger partial charge in [-0.15, -0.1) is 0 Å². The highest BCUT2D eigenvalue weighted by Crippen LogP contribution is 2.23. The molecule has 0 saturated carbocycles. The molecule has 0 spiro atoms. The molecule has 138 valence electrons. The zero-order chi connectivity index (χ0) is 19.1. The molecular weight excluding hydrogens is 340 g/mol. The number of hydrogen-bond acceptors (Lipinski definition) is 4. The predicted molar refractivity (Wildman–Crippen MR) is 105 cm³/mol. The molecule has 0 atom stereocenters. The third kappa shape index (κ3) is 5.17. The van der Waals surface area contributed by atoms with E-state index in [4.69, 9.17) is 9.47 Å². The number of aryl methyl sites for hydroxylation is 2. The summed E-state index contributed by atoms with van der Waals surface area (Å²) in [6.07, 6.45) is 7.85. The Labute approximate surface area is 159 Å². The van der Waals surface area contributed by atoms with Gasteiger partial charge in [0.25, 0.3) is 0 Å². The van der Waals surface area contributed by atoms with Crippen molar-refractivity contribution in [3.63, 3.8) is 0 Å². The summed E-state index contributed by atoms with van der Waals surface area (Å²) in [5.74, 6) is 0.00114. The highest BCUT2D eigenvalue weighted by Gasteiger charge is 2.14. The van der Waals surface area contributed by atoms with E-state index in [1.165, 1.54) is 17.2 Å². The van der Waals surface area contributed by atoms with Gasteiger partial charge in [-0.25, -0.2) is 4.79 Å². The molecule has 3 rings (SSSR count). The van der Waals surface area contributed by atoms with Crippen molar-refractivity contribution in [2.75, 3.05) is 13.2 Å². The first-order valence-electron chi connectivity index (χ1n) is 8.99. The molecule has 0 N–H and O–H groups in total. The number of fused-ring (bicyclic) bond motifs is 1. The summed E-state index contributed by atoms with van der Waals surface area (Å²) in [7, 11) is 0. The van der Waals surface area contributed by atoms with Gasteiger partial charge >= 0.3 is 5.97 Å². The minimum atomic E-state index is -0.545. The monoisotopic (exact) mass is 362 g/mol. The fraction of sp³-hybridized carbons (Fsp3) is 0.217. The lowest BCUT2D eigenvalue weighted by Gasteiger charge is -2.05. The van der Waals surface area contributed by atoms with Gasteiger partial charge in [0.05, 0.1) is 0 Å². The minimum Gasteiger partial charge on any atom is -0.490 e. The highest BCUT2D eigenvalue weighted by molar-refractivity contribution is 5.99. The van der Waals surface area contributed by atoms with Gasteiger partial charge in [0.2, 0.25) is 0 Å². The molecule has 2 aromatic carbocycles. The standard InChI is InChI=1S/C23H22O4/c1-2-14-26-21-11-6-17(7-12-21)8-13-23(25)27-16-22(24)20-10-9-18-4-3-5-19(18)15-20/h2,6-13,15H,1,3-5,14,16H2/b13-8+. The number of esters is 1. The van der Waals surface area contributed by atoms with E-state index < -0.39 is 5.97 Å². The lowest BCUT2D eigenvalue weighted by atomic mass is 10.0. The third-order valence-corrected chi connectivity index (χ3v) is 4.43. The summed E-state index contributed by atoms with van der Waals surface area (Å²) in [4.78, 5) is 24.1. The maximum atomic E-state index is 12.2. The van der Waals surface area contributed by atoms with Crippen molar-refractivity contribution in [2.45, 2.75) is 19.3 Å². The van der Waals surface area contributed by atoms with Gasteiger partial charge in [-0.05, 0) is 60.2 Å². The Morgan fingerprint density at radius 3 is 2.59 bits per heavy atom. The second kappa shape index (κ2) is 8.99. The quantitative estimate of drug-likeness (QED) is 0.306. The van der Waals surface area contributed by atoms with E-state index in [1.54, 1.807) is 12.2 Å². The first-order chi connectivity index (χ1) is 13.2. The van der Waals surface area contributed by atoms with Crippen molar-refractivity contribution in [3.05, 3.63) is 83.4 Å². The Hall–Kier alpha value is -3.14. The first kappa shape index (κ1) is 18.6. The van der Waals surface area contributed by atoms with Crippen LogP contribution in [0.2, 0.25) is 0 Å². The lowest BCUT2D eigenvalue weighted by Crippen LogP contribution is -2.12. The highest BCUT2D eigenvalue weighted by atomic mass is 16.5. The van der Waals surface area contributed by atoms with Gasteiger partial charge in [0.15, 0.2) is 12.4 Å². The van der Waals surface area contributed by atoms with Crippen LogP contribution in [0.1, 0.15) is 33.5 Å². The van der Waals surface area contributed by atoms with Crippen molar-refractivity contribution in [1.82, 2.24) is 0 Å². The Morgan fingerprint density at radius 1 is 1.04 bits per heavy atom. The summed E-state index contributed by atoms with van der Waals surface area (Å²) in [5, 5.41) is 0. The second-order valence-electron chi connectivity index (χ2n) is 6.37. The molecule has 4 nitrogen and oxygen atoms in total. The molecule has 0 fully saturated rings. The fourth-order valence-electron chi connectivity index (χ4n) is 3.01. The van der Waals surface area contributed by atoms with E-state index in [0.717, 1.165) is 30.6 Å². The molecule has 27 heavy (non-hydrogen) atoms. The Bertz CT molecular complexity index is 862. The van der Waals surface area contributed by atoms with Crippen LogP contribution in [-0.4, -0.2) is 25.0 Å². The SMILES string of the molecule is C=CCOc1ccc(/C=C/C(=O)OCC(=O)c2ccc3c(c2)CCC3)cc1. The summed E-state index contributed by atoms with van der Waals surface area (Å²) in [6, 6.07) is 13.0. The Kier molecular flexibility index (Phi) is 6.21. The van der Waals surface area contributed by atoms with Crippen LogP contribution in [0.15, 0.2) is 61.2 Å². The van der Waals surface area contributed by atoms with Gasteiger partial charge in [-0.1, -0.05) is 36.9 Å². The molecule has 0 unspecified atom stereocenters. The Morgan fingerprint density at radius 2 is 1.81 bits per heavy atom. The average Bonchev–Trinajstić information content (AvgIpc) is 3.17. The number of benzene rings is 2. The molecule has 0 radical (unpaired) electrons. The minimum absolute atomic E-state index is 0.185. The van der Waals surface area contributed by atoms with Crippen LogP contribution in [0.3, 0.4) is 0 Å². The number of carbonyl (C=O) groups is 2. The van der Waals surface area contributed by atoms with Gasteiger partial charge < -0.3 is 9.47 Å². The van der Waals surface area contributed by atoms with Crippen LogP contribution >= 0.6 is 0 Å². The normalized spacial score (nSPS) is 12.6. The van der Waals surface area contributed by atoms with E-state index in [2.05, 4.69) is 6.58 Å². The molecule has 0 amide bonds. The van der Waals surface area contributed by atoms with Crippen LogP contribution in [-0.2, 0) is 22.4 Å². The van der Waals surface area contributed by atoms with Crippen LogP contribution in [0.5, 0.6) is 5.75 Å². The van der Waals surface area contributed by atoms with Crippen LogP contribution in [0.4, 0.5) is 0 Å². The molecule has 0 bridgehead atoms. The smallest absolute Gasteiger partial charge is 0.331 e. The number of carbonyl (C=O) groups excluding carboxylic acids is 2. The molecular formula is C23H22O4. The van der Waals surface area contributed by atoms with Gasteiger partial charge in [-0.3, -0.25) is 4.79 Å². The number of rotatable bonds is 8. The number of hydrogen-bond donors (Lipinski definition) is 0. The molecule has 0 aliphatic heterocycles. The van der Waals surface area contributed by atoms with E-state index >= 15 is 0 Å². The summed E-state index contributed by atoms with van der Waals surface area (Å²) >= 11 is 0. The molecule has 0 heterocycles. The molecule has 1 aliphatic rings. The first-order valence-corrected chi connectivity index (χ1v) is 8.99. The molecule has 0 aromatic heterocycles. The van der Waals surface area contributed by atoms with Crippen molar-refractivity contribution >= 4 is 17.8 Å². The Balaban J connectivity index is 1.49. The van der Waals surface area contributed by atoms with Crippen molar-refractivity contribution in [1.29, 1.82) is 0 Å². The van der Waals surface area contributed by atoms with Gasteiger partial charge in [0, 0.05) is 11.6 Å². The molecule has 0 saturated heterocycles. The predicted octanol–water partition coefficient (Wildman–Crippen LogP) is 4.18. The zero-order valence-corrected chi connectivity index (χ0v) is 15.1.